The molecule has 2 rings (SSSR count). The molecule has 0 amide bonds. The molecule has 0 bridgehead atoms. The predicted molar refractivity (Wildman–Crippen MR) is 118 cm³/mol. The van der Waals surface area contributed by atoms with Crippen molar-refractivity contribution in [3.8, 4) is 17.2 Å². The van der Waals surface area contributed by atoms with Crippen LogP contribution in [0.3, 0.4) is 0 Å². The molecular formula is C22H32N4O3. The van der Waals surface area contributed by atoms with Gasteiger partial charge in [0.25, 0.3) is 0 Å². The van der Waals surface area contributed by atoms with Crippen molar-refractivity contribution in [3.63, 3.8) is 0 Å². The lowest BCUT2D eigenvalue weighted by Crippen LogP contribution is -2.30. The van der Waals surface area contributed by atoms with E-state index in [0.717, 1.165) is 36.6 Å². The summed E-state index contributed by atoms with van der Waals surface area (Å²) in [4.78, 5) is 6.43. The molecule has 7 heteroatoms. The first-order chi connectivity index (χ1) is 14.0. The van der Waals surface area contributed by atoms with Crippen molar-refractivity contribution in [2.24, 2.45) is 4.99 Å². The zero-order chi connectivity index (χ0) is 21.1. The van der Waals surface area contributed by atoms with Crippen LogP contribution in [0.15, 0.2) is 47.5 Å². The summed E-state index contributed by atoms with van der Waals surface area (Å²) in [6.07, 6.45) is 1.01. The molecule has 29 heavy (non-hydrogen) atoms. The minimum Gasteiger partial charge on any atom is -0.494 e. The van der Waals surface area contributed by atoms with Crippen LogP contribution in [-0.2, 0) is 6.54 Å². The third kappa shape index (κ3) is 7.54. The lowest BCUT2D eigenvalue weighted by atomic mass is 10.2. The fourth-order valence-corrected chi connectivity index (χ4v) is 2.69. The molecule has 2 aromatic rings. The number of benzene rings is 2. The molecule has 0 radical (unpaired) electrons. The van der Waals surface area contributed by atoms with E-state index >= 15 is 0 Å². The summed E-state index contributed by atoms with van der Waals surface area (Å²) < 4.78 is 16.4. The fraction of sp³-hybridized carbons (Fsp3) is 0.409. The minimum atomic E-state index is 0.647. The zero-order valence-electron chi connectivity index (χ0n) is 18.0. The molecule has 2 aromatic carbocycles. The van der Waals surface area contributed by atoms with Crippen LogP contribution in [-0.4, -0.2) is 59.4 Å². The Kier molecular flexibility index (Phi) is 9.11. The van der Waals surface area contributed by atoms with Gasteiger partial charge in [0.05, 0.1) is 20.8 Å². The Bertz CT molecular complexity index is 776. The highest BCUT2D eigenvalue weighted by molar-refractivity contribution is 5.93. The summed E-state index contributed by atoms with van der Waals surface area (Å²) in [5, 5.41) is 6.56. The maximum Gasteiger partial charge on any atom is 0.195 e. The summed E-state index contributed by atoms with van der Waals surface area (Å²) >= 11 is 0. The van der Waals surface area contributed by atoms with Crippen LogP contribution < -0.4 is 24.8 Å². The van der Waals surface area contributed by atoms with E-state index in [4.69, 9.17) is 14.2 Å². The Hall–Kier alpha value is -2.93. The van der Waals surface area contributed by atoms with E-state index < -0.39 is 0 Å². The molecule has 158 valence electrons. The molecule has 0 heterocycles. The van der Waals surface area contributed by atoms with Gasteiger partial charge in [-0.1, -0.05) is 12.1 Å². The smallest absolute Gasteiger partial charge is 0.195 e. The largest absolute Gasteiger partial charge is 0.494 e. The molecular weight excluding hydrogens is 368 g/mol. The van der Waals surface area contributed by atoms with Crippen molar-refractivity contribution < 1.29 is 14.2 Å². The topological polar surface area (TPSA) is 67.4 Å². The van der Waals surface area contributed by atoms with Crippen molar-refractivity contribution in [2.45, 2.75) is 13.0 Å². The van der Waals surface area contributed by atoms with Crippen LogP contribution in [0, 0.1) is 0 Å². The first kappa shape index (κ1) is 22.4. The highest BCUT2D eigenvalue weighted by Crippen LogP contribution is 2.29. The molecule has 0 saturated heterocycles. The van der Waals surface area contributed by atoms with Crippen LogP contribution in [0.4, 0.5) is 5.69 Å². The number of ether oxygens (including phenoxy) is 3. The third-order valence-corrected chi connectivity index (χ3v) is 4.27. The van der Waals surface area contributed by atoms with Gasteiger partial charge < -0.3 is 29.7 Å². The van der Waals surface area contributed by atoms with E-state index in [1.165, 1.54) is 0 Å². The number of guanidine groups is 1. The van der Waals surface area contributed by atoms with Crippen LogP contribution in [0.1, 0.15) is 12.0 Å². The van der Waals surface area contributed by atoms with E-state index in [2.05, 4.69) is 46.8 Å². The normalized spacial score (nSPS) is 11.3. The van der Waals surface area contributed by atoms with E-state index in [9.17, 15) is 0 Å². The highest BCUT2D eigenvalue weighted by atomic mass is 16.5. The van der Waals surface area contributed by atoms with Gasteiger partial charge in [-0.05, 0) is 50.3 Å². The molecule has 0 spiro atoms. The summed E-state index contributed by atoms with van der Waals surface area (Å²) in [6.45, 7) is 2.39. The van der Waals surface area contributed by atoms with Crippen molar-refractivity contribution in [3.05, 3.63) is 48.0 Å². The number of aliphatic imine (C=N–C) groups is 1. The van der Waals surface area contributed by atoms with E-state index in [-0.39, 0.29) is 0 Å². The summed E-state index contributed by atoms with van der Waals surface area (Å²) in [5.41, 5.74) is 2.00. The first-order valence-electron chi connectivity index (χ1n) is 9.62. The molecule has 0 aliphatic rings. The SMILES string of the molecule is CN=C(NCc1ccc(OCCCN(C)C)cc1)Nc1ccc(OC)c(OC)c1. The first-order valence-corrected chi connectivity index (χ1v) is 9.62. The summed E-state index contributed by atoms with van der Waals surface area (Å²) in [5.74, 6) is 2.90. The van der Waals surface area contributed by atoms with Gasteiger partial charge in [-0.2, -0.15) is 0 Å². The van der Waals surface area contributed by atoms with Crippen molar-refractivity contribution in [2.75, 3.05) is 53.8 Å². The van der Waals surface area contributed by atoms with Crippen molar-refractivity contribution in [1.82, 2.24) is 10.2 Å². The van der Waals surface area contributed by atoms with Gasteiger partial charge in [0, 0.05) is 31.9 Å². The van der Waals surface area contributed by atoms with E-state index in [0.29, 0.717) is 24.0 Å². The molecule has 2 N–H and O–H groups in total. The molecule has 0 fully saturated rings. The number of methoxy groups -OCH3 is 2. The molecule has 7 nitrogen and oxygen atoms in total. The van der Waals surface area contributed by atoms with Gasteiger partial charge >= 0.3 is 0 Å². The van der Waals surface area contributed by atoms with Crippen molar-refractivity contribution >= 4 is 11.6 Å². The maximum atomic E-state index is 5.77. The molecule has 0 aliphatic carbocycles. The van der Waals surface area contributed by atoms with Crippen LogP contribution in [0.2, 0.25) is 0 Å². The molecule has 0 aliphatic heterocycles. The Labute approximate surface area is 173 Å². The van der Waals surface area contributed by atoms with E-state index in [1.54, 1.807) is 21.3 Å². The van der Waals surface area contributed by atoms with Gasteiger partial charge in [-0.15, -0.1) is 0 Å². The number of hydrogen-bond donors (Lipinski definition) is 2. The average Bonchev–Trinajstić information content (AvgIpc) is 2.74. The molecule has 0 unspecified atom stereocenters. The van der Waals surface area contributed by atoms with Gasteiger partial charge in [0.1, 0.15) is 5.75 Å². The monoisotopic (exact) mass is 400 g/mol. The Balaban J connectivity index is 1.84. The Morgan fingerprint density at radius 2 is 1.72 bits per heavy atom. The fourth-order valence-electron chi connectivity index (χ4n) is 2.69. The molecule has 0 saturated carbocycles. The predicted octanol–water partition coefficient (Wildman–Crippen LogP) is 3.22. The number of nitrogens with zero attached hydrogens (tertiary/aromatic N) is 2. The highest BCUT2D eigenvalue weighted by Gasteiger charge is 2.06. The Morgan fingerprint density at radius 1 is 1.00 bits per heavy atom. The van der Waals surface area contributed by atoms with Gasteiger partial charge in [-0.25, -0.2) is 0 Å². The van der Waals surface area contributed by atoms with Crippen LogP contribution in [0.5, 0.6) is 17.2 Å². The maximum absolute atomic E-state index is 5.77. The second-order valence-corrected chi connectivity index (χ2v) is 6.77. The third-order valence-electron chi connectivity index (χ3n) is 4.27. The summed E-state index contributed by atoms with van der Waals surface area (Å²) in [7, 11) is 9.10. The van der Waals surface area contributed by atoms with E-state index in [1.807, 2.05) is 30.3 Å². The van der Waals surface area contributed by atoms with Gasteiger partial charge in [-0.3, -0.25) is 4.99 Å². The number of rotatable bonds is 10. The Morgan fingerprint density at radius 3 is 2.34 bits per heavy atom. The second-order valence-electron chi connectivity index (χ2n) is 6.77. The van der Waals surface area contributed by atoms with Crippen LogP contribution >= 0.6 is 0 Å². The lowest BCUT2D eigenvalue weighted by molar-refractivity contribution is 0.281. The molecule has 0 atom stereocenters. The van der Waals surface area contributed by atoms with Gasteiger partial charge in [0.15, 0.2) is 17.5 Å². The standard InChI is InChI=1S/C22H32N4O3/c1-23-22(25-18-9-12-20(27-4)21(15-18)28-5)24-16-17-7-10-19(11-8-17)29-14-6-13-26(2)3/h7-12,15H,6,13-14,16H2,1-5H3,(H2,23,24,25). The number of nitrogens with one attached hydrogen (secondary N) is 2. The molecule has 0 aromatic heterocycles. The zero-order valence-corrected chi connectivity index (χ0v) is 18.0. The summed E-state index contributed by atoms with van der Waals surface area (Å²) in [6, 6.07) is 13.7. The number of hydrogen-bond acceptors (Lipinski definition) is 5. The lowest BCUT2D eigenvalue weighted by Gasteiger charge is -2.14. The van der Waals surface area contributed by atoms with Gasteiger partial charge in [0.2, 0.25) is 0 Å². The minimum absolute atomic E-state index is 0.647. The number of anilines is 1. The van der Waals surface area contributed by atoms with Crippen LogP contribution in [0.25, 0.3) is 0 Å². The quantitative estimate of drug-likeness (QED) is 0.363. The average molecular weight is 401 g/mol. The second kappa shape index (κ2) is 11.8. The van der Waals surface area contributed by atoms with Crippen molar-refractivity contribution in [1.29, 1.82) is 0 Å².